The number of amides is 1. The summed E-state index contributed by atoms with van der Waals surface area (Å²) in [5.74, 6) is 1.59. The van der Waals surface area contributed by atoms with Crippen LogP contribution in [-0.4, -0.2) is 51.2 Å². The fraction of sp³-hybridized carbons (Fsp3) is 0.609. The van der Waals surface area contributed by atoms with Gasteiger partial charge in [-0.2, -0.15) is 0 Å². The van der Waals surface area contributed by atoms with Crippen molar-refractivity contribution in [2.75, 3.05) is 39.3 Å². The zero-order chi connectivity index (χ0) is 19.1. The van der Waals surface area contributed by atoms with Crippen LogP contribution in [0.15, 0.2) is 36.4 Å². The second kappa shape index (κ2) is 10.0. The topological polar surface area (TPSA) is 38.0 Å². The number of hydrogen-bond donors (Lipinski definition) is 3. The maximum absolute atomic E-state index is 12.5. The Morgan fingerprint density at radius 2 is 1.78 bits per heavy atom. The summed E-state index contributed by atoms with van der Waals surface area (Å²) in [5, 5.41) is 3.33. The summed E-state index contributed by atoms with van der Waals surface area (Å²) in [7, 11) is 0. The minimum absolute atomic E-state index is 0.253. The van der Waals surface area contributed by atoms with Crippen LogP contribution in [-0.2, 0) is 4.79 Å². The highest BCUT2D eigenvalue weighted by Crippen LogP contribution is 2.29. The second-order valence-corrected chi connectivity index (χ2v) is 8.64. The Labute approximate surface area is 164 Å². The Balaban J connectivity index is 1.35. The number of piperazine rings is 1. The number of quaternary nitrogens is 2. The summed E-state index contributed by atoms with van der Waals surface area (Å²) in [6.07, 6.45) is 8.21. The van der Waals surface area contributed by atoms with Gasteiger partial charge in [-0.05, 0) is 29.9 Å². The van der Waals surface area contributed by atoms with Crippen molar-refractivity contribution in [1.82, 2.24) is 5.32 Å². The van der Waals surface area contributed by atoms with E-state index in [-0.39, 0.29) is 5.91 Å². The molecule has 27 heavy (non-hydrogen) atoms. The van der Waals surface area contributed by atoms with E-state index in [2.05, 4.69) is 61.6 Å². The van der Waals surface area contributed by atoms with Gasteiger partial charge in [0.2, 0.25) is 0 Å². The molecule has 2 aliphatic rings. The molecule has 4 nitrogen and oxygen atoms in total. The van der Waals surface area contributed by atoms with Crippen LogP contribution in [0.5, 0.6) is 0 Å². The molecule has 3 N–H and O–H groups in total. The van der Waals surface area contributed by atoms with E-state index in [9.17, 15) is 4.79 Å². The summed E-state index contributed by atoms with van der Waals surface area (Å²) in [4.78, 5) is 15.6. The van der Waals surface area contributed by atoms with Gasteiger partial charge in [-0.1, -0.05) is 63.1 Å². The van der Waals surface area contributed by atoms with E-state index in [0.29, 0.717) is 18.5 Å². The number of carbonyl (C=O) groups is 1. The van der Waals surface area contributed by atoms with E-state index in [4.69, 9.17) is 0 Å². The minimum atomic E-state index is 0.253. The van der Waals surface area contributed by atoms with Crippen molar-refractivity contribution >= 4 is 12.0 Å². The summed E-state index contributed by atoms with van der Waals surface area (Å²) in [6.45, 7) is 10.8. The molecule has 1 saturated heterocycles. The van der Waals surface area contributed by atoms with Gasteiger partial charge in [0.25, 0.3) is 5.91 Å². The molecule has 2 fully saturated rings. The maximum atomic E-state index is 12.5. The number of hydrogen-bond acceptors (Lipinski definition) is 1. The SMILES string of the molecule is C[C@@H]1[C@H](C)CCC[C@H]1NC(=O)C[NH+]1CC[NH+](C/C=C/c2ccccc2)CC1. The third-order valence-electron chi connectivity index (χ3n) is 6.64. The molecule has 1 aromatic carbocycles. The highest BCUT2D eigenvalue weighted by atomic mass is 16.2. The predicted molar refractivity (Wildman–Crippen MR) is 111 cm³/mol. The molecule has 0 aromatic heterocycles. The van der Waals surface area contributed by atoms with Crippen LogP contribution in [0.1, 0.15) is 38.7 Å². The summed E-state index contributed by atoms with van der Waals surface area (Å²) in [5.41, 5.74) is 1.27. The number of benzene rings is 1. The lowest BCUT2D eigenvalue weighted by Gasteiger charge is -2.35. The number of rotatable bonds is 6. The standard InChI is InChI=1S/C23H35N3O/c1-19-8-6-12-22(20(19)2)24-23(27)18-26-16-14-25(15-17-26)13-7-11-21-9-4-3-5-10-21/h3-5,7,9-11,19-20,22H,6,8,12-18H2,1-2H3,(H,24,27)/p+2/b11-7+/t19-,20-,22-/m1/s1. The molecule has 1 aliphatic carbocycles. The highest BCUT2D eigenvalue weighted by molar-refractivity contribution is 5.77. The van der Waals surface area contributed by atoms with Gasteiger partial charge in [0.15, 0.2) is 6.54 Å². The zero-order valence-corrected chi connectivity index (χ0v) is 17.0. The zero-order valence-electron chi connectivity index (χ0n) is 17.0. The Kier molecular flexibility index (Phi) is 7.48. The van der Waals surface area contributed by atoms with Gasteiger partial charge in [-0.15, -0.1) is 0 Å². The van der Waals surface area contributed by atoms with Crippen LogP contribution in [0.2, 0.25) is 0 Å². The van der Waals surface area contributed by atoms with Crippen LogP contribution in [0.3, 0.4) is 0 Å². The third-order valence-corrected chi connectivity index (χ3v) is 6.64. The summed E-state index contributed by atoms with van der Waals surface area (Å²) >= 11 is 0. The average Bonchev–Trinajstić information content (AvgIpc) is 2.68. The predicted octanol–water partition coefficient (Wildman–Crippen LogP) is 0.424. The first-order valence-corrected chi connectivity index (χ1v) is 10.8. The lowest BCUT2D eigenvalue weighted by Crippen LogP contribution is -3.28. The first kappa shape index (κ1) is 20.1. The van der Waals surface area contributed by atoms with Gasteiger partial charge < -0.3 is 15.1 Å². The van der Waals surface area contributed by atoms with Crippen molar-refractivity contribution in [3.63, 3.8) is 0 Å². The van der Waals surface area contributed by atoms with E-state index >= 15 is 0 Å². The highest BCUT2D eigenvalue weighted by Gasteiger charge is 2.30. The molecule has 3 rings (SSSR count). The van der Waals surface area contributed by atoms with Crippen LogP contribution >= 0.6 is 0 Å². The summed E-state index contributed by atoms with van der Waals surface area (Å²) in [6, 6.07) is 10.9. The quantitative estimate of drug-likeness (QED) is 0.666. The molecule has 1 aromatic rings. The van der Waals surface area contributed by atoms with Crippen molar-refractivity contribution in [3.8, 4) is 0 Å². The second-order valence-electron chi connectivity index (χ2n) is 8.64. The van der Waals surface area contributed by atoms with Crippen molar-refractivity contribution in [2.24, 2.45) is 11.8 Å². The van der Waals surface area contributed by atoms with Gasteiger partial charge in [0, 0.05) is 6.04 Å². The molecule has 1 aliphatic heterocycles. The normalized spacial score (nSPS) is 31.7. The van der Waals surface area contributed by atoms with Crippen molar-refractivity contribution in [3.05, 3.63) is 42.0 Å². The molecule has 1 amide bonds. The lowest BCUT2D eigenvalue weighted by molar-refractivity contribution is -1.01. The van der Waals surface area contributed by atoms with Gasteiger partial charge in [-0.25, -0.2) is 0 Å². The molecule has 0 spiro atoms. The van der Waals surface area contributed by atoms with Gasteiger partial charge in [0.1, 0.15) is 26.2 Å². The number of carbonyl (C=O) groups excluding carboxylic acids is 1. The van der Waals surface area contributed by atoms with Gasteiger partial charge in [0.05, 0.1) is 6.54 Å². The van der Waals surface area contributed by atoms with Crippen LogP contribution < -0.4 is 15.1 Å². The molecule has 1 saturated carbocycles. The molecule has 0 radical (unpaired) electrons. The number of nitrogens with one attached hydrogen (secondary N) is 3. The van der Waals surface area contributed by atoms with E-state index in [0.717, 1.165) is 45.1 Å². The van der Waals surface area contributed by atoms with E-state index in [1.54, 1.807) is 4.90 Å². The fourth-order valence-electron chi connectivity index (χ4n) is 4.53. The van der Waals surface area contributed by atoms with Crippen molar-refractivity contribution in [2.45, 2.75) is 39.2 Å². The lowest BCUT2D eigenvalue weighted by atomic mass is 9.78. The third kappa shape index (κ3) is 6.18. The van der Waals surface area contributed by atoms with Gasteiger partial charge >= 0.3 is 0 Å². The van der Waals surface area contributed by atoms with E-state index in [1.165, 1.54) is 23.3 Å². The van der Waals surface area contributed by atoms with Crippen molar-refractivity contribution < 1.29 is 14.6 Å². The minimum Gasteiger partial charge on any atom is -0.348 e. The molecular weight excluding hydrogens is 334 g/mol. The molecule has 4 heteroatoms. The van der Waals surface area contributed by atoms with Crippen LogP contribution in [0.25, 0.3) is 6.08 Å². The van der Waals surface area contributed by atoms with Crippen molar-refractivity contribution in [1.29, 1.82) is 0 Å². The first-order chi connectivity index (χ1) is 13.1. The monoisotopic (exact) mass is 371 g/mol. The molecule has 3 atom stereocenters. The Morgan fingerprint density at radius 3 is 2.52 bits per heavy atom. The Bertz CT molecular complexity index is 607. The molecule has 0 unspecified atom stereocenters. The Morgan fingerprint density at radius 1 is 1.07 bits per heavy atom. The molecule has 148 valence electrons. The maximum Gasteiger partial charge on any atom is 0.275 e. The Hall–Kier alpha value is -1.65. The van der Waals surface area contributed by atoms with Crippen LogP contribution in [0.4, 0.5) is 0 Å². The summed E-state index contributed by atoms with van der Waals surface area (Å²) < 4.78 is 0. The smallest absolute Gasteiger partial charge is 0.275 e. The fourth-order valence-corrected chi connectivity index (χ4v) is 4.53. The average molecular weight is 372 g/mol. The van der Waals surface area contributed by atoms with Gasteiger partial charge in [-0.3, -0.25) is 4.79 Å². The molecular formula is C23H37N3O+2. The van der Waals surface area contributed by atoms with E-state index in [1.807, 2.05) is 0 Å². The molecule has 0 bridgehead atoms. The largest absolute Gasteiger partial charge is 0.348 e. The van der Waals surface area contributed by atoms with E-state index < -0.39 is 0 Å². The van der Waals surface area contributed by atoms with Crippen LogP contribution in [0, 0.1) is 11.8 Å². The first-order valence-electron chi connectivity index (χ1n) is 10.8. The molecule has 1 heterocycles.